The van der Waals surface area contributed by atoms with Gasteiger partial charge >= 0.3 is 0 Å². The highest BCUT2D eigenvalue weighted by atomic mass is 15.3. The SMILES string of the molecule is CCCCCCCCCCCCc1ccc(N2CCN(CCCCCCCCCCCC)CC2)cc1. The van der Waals surface area contributed by atoms with Gasteiger partial charge in [-0.3, -0.25) is 4.90 Å². The Labute approximate surface area is 226 Å². The lowest BCUT2D eigenvalue weighted by molar-refractivity contribution is 0.252. The first kappa shape index (κ1) is 31.2. The van der Waals surface area contributed by atoms with Gasteiger partial charge in [0.15, 0.2) is 0 Å². The lowest BCUT2D eigenvalue weighted by atomic mass is 10.0. The molecule has 2 heteroatoms. The number of benzene rings is 1. The first-order chi connectivity index (χ1) is 17.8. The summed E-state index contributed by atoms with van der Waals surface area (Å²) in [4.78, 5) is 5.29. The Morgan fingerprint density at radius 1 is 0.472 bits per heavy atom. The van der Waals surface area contributed by atoms with Crippen molar-refractivity contribution in [2.45, 2.75) is 149 Å². The molecule has 1 aromatic carbocycles. The Hall–Kier alpha value is -1.02. The van der Waals surface area contributed by atoms with E-state index in [2.05, 4.69) is 47.9 Å². The fourth-order valence-electron chi connectivity index (χ4n) is 5.74. The number of anilines is 1. The van der Waals surface area contributed by atoms with E-state index in [1.165, 1.54) is 179 Å². The highest BCUT2D eigenvalue weighted by Gasteiger charge is 2.16. The van der Waals surface area contributed by atoms with E-state index in [4.69, 9.17) is 0 Å². The zero-order valence-corrected chi connectivity index (χ0v) is 24.6. The van der Waals surface area contributed by atoms with Gasteiger partial charge in [-0.15, -0.1) is 0 Å². The van der Waals surface area contributed by atoms with Gasteiger partial charge in [0.1, 0.15) is 0 Å². The molecular formula is C34H62N2. The van der Waals surface area contributed by atoms with Crippen molar-refractivity contribution in [2.75, 3.05) is 37.6 Å². The first-order valence-corrected chi connectivity index (χ1v) is 16.4. The van der Waals surface area contributed by atoms with Crippen LogP contribution in [0.4, 0.5) is 5.69 Å². The molecule has 0 amide bonds. The lowest BCUT2D eigenvalue weighted by Crippen LogP contribution is -2.46. The van der Waals surface area contributed by atoms with Gasteiger partial charge in [-0.25, -0.2) is 0 Å². The van der Waals surface area contributed by atoms with E-state index in [9.17, 15) is 0 Å². The fraction of sp³-hybridized carbons (Fsp3) is 0.824. The molecule has 0 N–H and O–H groups in total. The van der Waals surface area contributed by atoms with E-state index >= 15 is 0 Å². The van der Waals surface area contributed by atoms with Crippen LogP contribution in [0.15, 0.2) is 24.3 Å². The molecule has 0 aromatic heterocycles. The van der Waals surface area contributed by atoms with Crippen molar-refractivity contribution in [2.24, 2.45) is 0 Å². The number of hydrogen-bond donors (Lipinski definition) is 0. The summed E-state index contributed by atoms with van der Waals surface area (Å²) in [5, 5.41) is 0. The first-order valence-electron chi connectivity index (χ1n) is 16.4. The molecule has 2 nitrogen and oxygen atoms in total. The topological polar surface area (TPSA) is 6.48 Å². The van der Waals surface area contributed by atoms with E-state index < -0.39 is 0 Å². The maximum atomic E-state index is 2.70. The zero-order valence-electron chi connectivity index (χ0n) is 24.6. The standard InChI is InChI=1S/C34H62N2/c1-3-5-7-9-11-13-15-17-19-21-23-33-24-26-34(27-25-33)36-31-29-35(30-32-36)28-22-20-18-16-14-12-10-8-6-4-2/h24-27H,3-23,28-32H2,1-2H3. The van der Waals surface area contributed by atoms with Crippen molar-refractivity contribution in [3.8, 4) is 0 Å². The molecule has 0 atom stereocenters. The van der Waals surface area contributed by atoms with Crippen LogP contribution in [0.2, 0.25) is 0 Å². The predicted octanol–water partition coefficient (Wildman–Crippen LogP) is 10.2. The molecule has 0 saturated carbocycles. The van der Waals surface area contributed by atoms with Crippen molar-refractivity contribution >= 4 is 5.69 Å². The van der Waals surface area contributed by atoms with Gasteiger partial charge in [-0.1, -0.05) is 142 Å². The normalized spacial score (nSPS) is 14.6. The van der Waals surface area contributed by atoms with Gasteiger partial charge < -0.3 is 4.90 Å². The molecule has 0 aliphatic carbocycles. The van der Waals surface area contributed by atoms with Gasteiger partial charge in [-0.2, -0.15) is 0 Å². The molecule has 0 unspecified atom stereocenters. The van der Waals surface area contributed by atoms with E-state index in [-0.39, 0.29) is 0 Å². The van der Waals surface area contributed by atoms with Crippen LogP contribution < -0.4 is 4.90 Å². The highest BCUT2D eigenvalue weighted by Crippen LogP contribution is 2.19. The Morgan fingerprint density at radius 2 is 0.889 bits per heavy atom. The molecule has 1 aromatic rings. The Kier molecular flexibility index (Phi) is 19.1. The molecule has 36 heavy (non-hydrogen) atoms. The molecule has 1 heterocycles. The van der Waals surface area contributed by atoms with Gasteiger partial charge in [0.25, 0.3) is 0 Å². The highest BCUT2D eigenvalue weighted by molar-refractivity contribution is 5.48. The summed E-state index contributed by atoms with van der Waals surface area (Å²) in [5.41, 5.74) is 2.96. The van der Waals surface area contributed by atoms with Crippen LogP contribution in [0.1, 0.15) is 148 Å². The second-order valence-corrected chi connectivity index (χ2v) is 11.6. The van der Waals surface area contributed by atoms with Crippen molar-refractivity contribution in [3.63, 3.8) is 0 Å². The number of nitrogens with zero attached hydrogens (tertiary/aromatic N) is 2. The molecule has 0 radical (unpaired) electrons. The summed E-state index contributed by atoms with van der Waals surface area (Å²) in [5.74, 6) is 0. The zero-order chi connectivity index (χ0) is 25.5. The smallest absolute Gasteiger partial charge is 0.0367 e. The monoisotopic (exact) mass is 498 g/mol. The van der Waals surface area contributed by atoms with Gasteiger partial charge in [-0.05, 0) is 43.5 Å². The average Bonchev–Trinajstić information content (AvgIpc) is 2.91. The minimum absolute atomic E-state index is 1.19. The quantitative estimate of drug-likeness (QED) is 0.138. The number of unbranched alkanes of at least 4 members (excludes halogenated alkanes) is 18. The predicted molar refractivity (Wildman–Crippen MR) is 162 cm³/mol. The summed E-state index contributed by atoms with van der Waals surface area (Å²) < 4.78 is 0. The van der Waals surface area contributed by atoms with Crippen LogP contribution in [-0.2, 0) is 6.42 Å². The molecule has 0 spiro atoms. The Morgan fingerprint density at radius 3 is 1.36 bits per heavy atom. The summed E-state index contributed by atoms with van der Waals surface area (Å²) in [6.07, 6.45) is 29.8. The average molecular weight is 499 g/mol. The molecule has 2 rings (SSSR count). The van der Waals surface area contributed by atoms with Crippen LogP contribution >= 0.6 is 0 Å². The Bertz CT molecular complexity index is 588. The third-order valence-corrected chi connectivity index (χ3v) is 8.32. The van der Waals surface area contributed by atoms with Crippen molar-refractivity contribution in [1.82, 2.24) is 4.90 Å². The molecule has 1 aliphatic rings. The molecule has 1 fully saturated rings. The fourth-order valence-corrected chi connectivity index (χ4v) is 5.74. The van der Waals surface area contributed by atoms with Crippen molar-refractivity contribution in [1.29, 1.82) is 0 Å². The van der Waals surface area contributed by atoms with Crippen LogP contribution in [-0.4, -0.2) is 37.6 Å². The molecular weight excluding hydrogens is 436 g/mol. The van der Waals surface area contributed by atoms with Crippen LogP contribution in [0.25, 0.3) is 0 Å². The molecule has 0 bridgehead atoms. The van der Waals surface area contributed by atoms with Crippen LogP contribution in [0.5, 0.6) is 0 Å². The van der Waals surface area contributed by atoms with Crippen molar-refractivity contribution in [3.05, 3.63) is 29.8 Å². The largest absolute Gasteiger partial charge is 0.369 e. The van der Waals surface area contributed by atoms with Crippen molar-refractivity contribution < 1.29 is 0 Å². The van der Waals surface area contributed by atoms with E-state index in [0.717, 1.165) is 0 Å². The molecule has 1 saturated heterocycles. The second-order valence-electron chi connectivity index (χ2n) is 11.6. The van der Waals surface area contributed by atoms with Crippen LogP contribution in [0.3, 0.4) is 0 Å². The third-order valence-electron chi connectivity index (χ3n) is 8.32. The van der Waals surface area contributed by atoms with Gasteiger partial charge in [0.2, 0.25) is 0 Å². The number of hydrogen-bond acceptors (Lipinski definition) is 2. The maximum absolute atomic E-state index is 2.70. The number of rotatable bonds is 23. The second kappa shape index (κ2) is 22.0. The maximum Gasteiger partial charge on any atom is 0.0367 e. The minimum atomic E-state index is 1.19. The van der Waals surface area contributed by atoms with Gasteiger partial charge in [0.05, 0.1) is 0 Å². The summed E-state index contributed by atoms with van der Waals surface area (Å²) >= 11 is 0. The number of piperazine rings is 1. The summed E-state index contributed by atoms with van der Waals surface area (Å²) in [7, 11) is 0. The summed E-state index contributed by atoms with van der Waals surface area (Å²) in [6.45, 7) is 10.8. The third kappa shape index (κ3) is 15.3. The van der Waals surface area contributed by atoms with Crippen LogP contribution in [0, 0.1) is 0 Å². The van der Waals surface area contributed by atoms with Gasteiger partial charge in [0, 0.05) is 31.9 Å². The lowest BCUT2D eigenvalue weighted by Gasteiger charge is -2.36. The summed E-state index contributed by atoms with van der Waals surface area (Å²) in [6, 6.07) is 9.53. The molecule has 1 aliphatic heterocycles. The number of aryl methyl sites for hydroxylation is 1. The minimum Gasteiger partial charge on any atom is -0.369 e. The van der Waals surface area contributed by atoms with E-state index in [1.54, 1.807) is 0 Å². The molecule has 208 valence electrons. The Balaban J connectivity index is 1.45. The van der Waals surface area contributed by atoms with E-state index in [0.29, 0.717) is 0 Å². The van der Waals surface area contributed by atoms with E-state index in [1.807, 2.05) is 0 Å².